The summed E-state index contributed by atoms with van der Waals surface area (Å²) in [6, 6.07) is 0.127. The van der Waals surface area contributed by atoms with Gasteiger partial charge in [-0.2, -0.15) is 15.0 Å². The van der Waals surface area contributed by atoms with Gasteiger partial charge < -0.3 is 44.0 Å². The smallest absolute Gasteiger partial charge is 0.316 e. The molecule has 0 aromatic carbocycles. The third kappa shape index (κ3) is 27.1. The first-order valence-corrected chi connectivity index (χ1v) is 28.9. The first-order valence-electron chi connectivity index (χ1n) is 28.9. The highest BCUT2D eigenvalue weighted by atomic mass is 19.3. The molecule has 0 saturated heterocycles. The zero-order chi connectivity index (χ0) is 58.8. The highest BCUT2D eigenvalue weighted by Gasteiger charge is 2.28. The van der Waals surface area contributed by atoms with E-state index in [0.717, 1.165) is 163 Å². The third-order valence-corrected chi connectivity index (χ3v) is 14.3. The normalized spacial score (nSPS) is 20.3. The van der Waals surface area contributed by atoms with Gasteiger partial charge in [-0.15, -0.1) is 0 Å². The van der Waals surface area contributed by atoms with Crippen molar-refractivity contribution in [3.8, 4) is 18.0 Å². The predicted octanol–water partition coefficient (Wildman–Crippen LogP) is 9.53. The summed E-state index contributed by atoms with van der Waals surface area (Å²) in [5.41, 5.74) is 5.07. The van der Waals surface area contributed by atoms with Crippen LogP contribution in [0.1, 0.15) is 159 Å². The summed E-state index contributed by atoms with van der Waals surface area (Å²) in [7, 11) is 0. The number of fused-ring (bicyclic) bond motifs is 3. The summed E-state index contributed by atoms with van der Waals surface area (Å²) in [4.78, 5) is 61.1. The van der Waals surface area contributed by atoms with Crippen molar-refractivity contribution in [2.45, 2.75) is 194 Å². The highest BCUT2D eigenvalue weighted by Crippen LogP contribution is 2.34. The lowest BCUT2D eigenvalue weighted by Gasteiger charge is -2.30. The Morgan fingerprint density at radius 3 is 1.49 bits per heavy atom. The summed E-state index contributed by atoms with van der Waals surface area (Å²) >= 11 is 0. The van der Waals surface area contributed by atoms with Gasteiger partial charge in [0, 0.05) is 82.4 Å². The Labute approximate surface area is 474 Å². The maximum absolute atomic E-state index is 12.3. The van der Waals surface area contributed by atoms with Crippen LogP contribution in [0.4, 0.5) is 26.3 Å². The lowest BCUT2D eigenvalue weighted by molar-refractivity contribution is -0.157. The molecule has 0 spiro atoms. The number of rotatable bonds is 18. The second-order valence-electron chi connectivity index (χ2n) is 23.4. The molecule has 8 rings (SSSR count). The molecule has 81 heavy (non-hydrogen) atoms. The molecule has 0 amide bonds. The van der Waals surface area contributed by atoms with Crippen LogP contribution >= 0.6 is 0 Å². The molecule has 0 atom stereocenters. The molecule has 3 aliphatic heterocycles. The highest BCUT2D eigenvalue weighted by molar-refractivity contribution is 5.70. The van der Waals surface area contributed by atoms with Crippen LogP contribution in [-0.2, 0) is 62.5 Å². The molecule has 2 N–H and O–H groups in total. The molecule has 454 valence electrons. The first-order chi connectivity index (χ1) is 38.6. The number of esters is 2. The predicted molar refractivity (Wildman–Crippen MR) is 292 cm³/mol. The van der Waals surface area contributed by atoms with Gasteiger partial charge in [0.1, 0.15) is 17.5 Å². The Balaban J connectivity index is 0.000000210. The van der Waals surface area contributed by atoms with Gasteiger partial charge in [-0.25, -0.2) is 41.3 Å². The average Bonchev–Trinajstić information content (AvgIpc) is 3.95. The van der Waals surface area contributed by atoms with Gasteiger partial charge in [-0.1, -0.05) is 12.8 Å². The van der Waals surface area contributed by atoms with Crippen LogP contribution in [-0.4, -0.2) is 143 Å². The summed E-state index contributed by atoms with van der Waals surface area (Å²) in [5.74, 6) is 2.00. The topological polar surface area (TPSA) is 202 Å². The van der Waals surface area contributed by atoms with Crippen molar-refractivity contribution >= 4 is 18.2 Å². The number of halogens is 6. The number of ether oxygens (including phenoxy) is 5. The molecular weight excluding hydrogens is 1060 g/mol. The standard InChI is InChI=1S/C24H37F2N3O3.C14H24O3.2C10H13F2N3O/c1-24(2,3)32-22(30)14-18-6-4-17(5-7-18)8-11-29-12-9-19-15-27-23(31-16-21(25)26)28-20(19)10-13-29;1-14(2,3)17-13(16)10-12-6-4-11(5-7-12)8-9-15;11-9(12)6-16-10-14-5-7-1-3-13-4-2-8(7)15-10;11-9(12)6-16-10-14-5-7-4-13-3-1-2-8(7)15-10/h15,17-18,21H,4-14,16H2,1-3H3;9,11-12H,4-8,10H2,1-3H3;2*5,9,13H,1-4,6H2. The number of alkyl halides is 6. The largest absolute Gasteiger partial charge is 0.460 e. The average molecular weight is 1150 g/mol. The number of aryl methyl sites for hydroxylation is 1. The summed E-state index contributed by atoms with van der Waals surface area (Å²) in [6.45, 7) is 15.8. The quantitative estimate of drug-likeness (QED) is 0.0692. The first kappa shape index (κ1) is 66.5. The molecule has 2 aliphatic carbocycles. The van der Waals surface area contributed by atoms with Gasteiger partial charge in [0.2, 0.25) is 0 Å². The Bertz CT molecular complexity index is 2280. The number of nitrogens with one attached hydrogen (secondary N) is 2. The van der Waals surface area contributed by atoms with Crippen LogP contribution in [0.15, 0.2) is 18.6 Å². The van der Waals surface area contributed by atoms with E-state index >= 15 is 0 Å². The fraction of sp³-hybridized carbons (Fsp3) is 0.741. The van der Waals surface area contributed by atoms with E-state index < -0.39 is 44.7 Å². The van der Waals surface area contributed by atoms with Gasteiger partial charge in [0.05, 0.1) is 17.1 Å². The summed E-state index contributed by atoms with van der Waals surface area (Å²) < 4.78 is 97.7. The molecule has 23 heteroatoms. The van der Waals surface area contributed by atoms with Crippen molar-refractivity contribution in [3.63, 3.8) is 0 Å². The lowest BCUT2D eigenvalue weighted by atomic mass is 9.79. The van der Waals surface area contributed by atoms with Crippen LogP contribution in [0.25, 0.3) is 0 Å². The Kier molecular flexibility index (Phi) is 28.2. The number of hydrogen-bond acceptors (Lipinski definition) is 17. The zero-order valence-corrected chi connectivity index (χ0v) is 48.3. The minimum atomic E-state index is -2.53. The lowest BCUT2D eigenvalue weighted by Crippen LogP contribution is -2.30. The molecule has 3 aromatic rings. The van der Waals surface area contributed by atoms with Crippen molar-refractivity contribution in [2.75, 3.05) is 59.1 Å². The van der Waals surface area contributed by atoms with Crippen molar-refractivity contribution in [1.82, 2.24) is 45.4 Å². The van der Waals surface area contributed by atoms with E-state index in [1.54, 1.807) is 18.6 Å². The molecule has 0 unspecified atom stereocenters. The SMILES string of the molecule is CC(C)(C)OC(=O)CC1CCC(CC=O)CC1.CC(C)(C)OC(=O)CC1CCC(CCN2CCc3cnc(OCC(F)F)nc3CC2)CC1.FC(F)COc1ncc2c(n1)CCCNC2.FC(F)COc1ncc2c(n1)CCNCC2. The van der Waals surface area contributed by atoms with Crippen LogP contribution in [0.5, 0.6) is 18.0 Å². The number of hydrogen-bond donors (Lipinski definition) is 2. The second-order valence-corrected chi connectivity index (χ2v) is 23.4. The number of aromatic nitrogens is 6. The van der Waals surface area contributed by atoms with Gasteiger partial charge in [0.25, 0.3) is 19.3 Å². The van der Waals surface area contributed by atoms with Crippen LogP contribution < -0.4 is 24.8 Å². The van der Waals surface area contributed by atoms with Crippen LogP contribution in [0, 0.1) is 23.7 Å². The van der Waals surface area contributed by atoms with E-state index in [2.05, 4.69) is 45.4 Å². The molecule has 2 fully saturated rings. The number of carbonyl (C=O) groups is 3. The minimum Gasteiger partial charge on any atom is -0.460 e. The third-order valence-electron chi connectivity index (χ3n) is 14.3. The van der Waals surface area contributed by atoms with Crippen molar-refractivity contribution < 1.29 is 64.4 Å². The number of nitrogens with zero attached hydrogens (tertiary/aromatic N) is 7. The Morgan fingerprint density at radius 1 is 0.568 bits per heavy atom. The maximum atomic E-state index is 12.3. The second kappa shape index (κ2) is 34.3. The van der Waals surface area contributed by atoms with Crippen LogP contribution in [0.2, 0.25) is 0 Å². The molecule has 6 heterocycles. The summed E-state index contributed by atoms with van der Waals surface area (Å²) in [6.07, 6.45) is 15.4. The maximum Gasteiger partial charge on any atom is 0.316 e. The van der Waals surface area contributed by atoms with Crippen molar-refractivity contribution in [3.05, 3.63) is 52.4 Å². The molecule has 0 bridgehead atoms. The minimum absolute atomic E-state index is 0.0423. The molecule has 17 nitrogen and oxygen atoms in total. The van der Waals surface area contributed by atoms with E-state index in [9.17, 15) is 40.7 Å². The van der Waals surface area contributed by atoms with E-state index in [4.69, 9.17) is 23.7 Å². The molecular formula is C58H87F6N9O8. The van der Waals surface area contributed by atoms with Crippen LogP contribution in [0.3, 0.4) is 0 Å². The summed E-state index contributed by atoms with van der Waals surface area (Å²) in [5, 5.41) is 6.47. The van der Waals surface area contributed by atoms with Gasteiger partial charge >= 0.3 is 30.0 Å². The van der Waals surface area contributed by atoms with Gasteiger partial charge in [0.15, 0.2) is 19.8 Å². The Morgan fingerprint density at radius 2 is 1.00 bits per heavy atom. The van der Waals surface area contributed by atoms with Gasteiger partial charge in [-0.05, 0) is 167 Å². The molecule has 5 aliphatic rings. The van der Waals surface area contributed by atoms with E-state index in [1.165, 1.54) is 19.3 Å². The van der Waals surface area contributed by atoms with E-state index in [0.29, 0.717) is 42.9 Å². The molecule has 2 saturated carbocycles. The van der Waals surface area contributed by atoms with Crippen molar-refractivity contribution in [2.24, 2.45) is 23.7 Å². The fourth-order valence-electron chi connectivity index (χ4n) is 10.3. The molecule has 0 radical (unpaired) electrons. The Hall–Kier alpha value is -5.29. The molecule has 3 aromatic heterocycles. The fourth-order valence-corrected chi connectivity index (χ4v) is 10.3. The van der Waals surface area contributed by atoms with E-state index in [1.807, 2.05) is 41.5 Å². The monoisotopic (exact) mass is 1150 g/mol. The zero-order valence-electron chi connectivity index (χ0n) is 48.3. The number of carbonyl (C=O) groups excluding carboxylic acids is 3. The van der Waals surface area contributed by atoms with E-state index in [-0.39, 0.29) is 35.6 Å². The van der Waals surface area contributed by atoms with Gasteiger partial charge in [-0.3, -0.25) is 9.59 Å². The van der Waals surface area contributed by atoms with Crippen molar-refractivity contribution in [1.29, 1.82) is 0 Å². The number of aldehydes is 1.